The first kappa shape index (κ1) is 17.3. The third kappa shape index (κ3) is 4.29. The summed E-state index contributed by atoms with van der Waals surface area (Å²) < 4.78 is 0. The van der Waals surface area contributed by atoms with Gasteiger partial charge in [0.05, 0.1) is 11.9 Å². The molecule has 1 atom stereocenters. The second-order valence-corrected chi connectivity index (χ2v) is 6.72. The zero-order chi connectivity index (χ0) is 17.8. The third-order valence-corrected chi connectivity index (χ3v) is 4.32. The number of nitrogens with one attached hydrogen (secondary N) is 1. The van der Waals surface area contributed by atoms with E-state index in [9.17, 15) is 4.79 Å². The number of nitrogens with zero attached hydrogens (tertiary/aromatic N) is 5. The van der Waals surface area contributed by atoms with Crippen LogP contribution in [0.4, 0.5) is 11.6 Å². The Morgan fingerprint density at radius 1 is 1.28 bits per heavy atom. The Bertz CT molecular complexity index is 734. The molecule has 7 nitrogen and oxygen atoms in total. The van der Waals surface area contributed by atoms with Crippen molar-refractivity contribution < 1.29 is 4.79 Å². The summed E-state index contributed by atoms with van der Waals surface area (Å²) in [6.45, 7) is 7.33. The zero-order valence-electron chi connectivity index (χ0n) is 14.9. The van der Waals surface area contributed by atoms with Gasteiger partial charge in [-0.25, -0.2) is 15.0 Å². The van der Waals surface area contributed by atoms with Crippen molar-refractivity contribution in [1.29, 1.82) is 0 Å². The lowest BCUT2D eigenvalue weighted by molar-refractivity contribution is -0.135. The summed E-state index contributed by atoms with van der Waals surface area (Å²) in [6, 6.07) is 1.95. The Labute approximate surface area is 147 Å². The van der Waals surface area contributed by atoms with Crippen LogP contribution in [0.1, 0.15) is 44.1 Å². The number of aryl methyl sites for hydroxylation is 1. The number of amides is 1. The topological polar surface area (TPSA) is 83.9 Å². The van der Waals surface area contributed by atoms with E-state index in [1.165, 1.54) is 0 Å². The molecule has 0 bridgehead atoms. The van der Waals surface area contributed by atoms with Crippen LogP contribution in [0.3, 0.4) is 0 Å². The third-order valence-electron chi connectivity index (χ3n) is 4.32. The Morgan fingerprint density at radius 3 is 2.84 bits per heavy atom. The van der Waals surface area contributed by atoms with Crippen LogP contribution in [0.15, 0.2) is 24.7 Å². The lowest BCUT2D eigenvalue weighted by atomic mass is 9.93. The number of carbonyl (C=O) groups excluding carboxylic acids is 1. The van der Waals surface area contributed by atoms with Gasteiger partial charge in [-0.1, -0.05) is 13.8 Å². The predicted molar refractivity (Wildman–Crippen MR) is 95.5 cm³/mol. The van der Waals surface area contributed by atoms with Gasteiger partial charge in [-0.3, -0.25) is 9.78 Å². The van der Waals surface area contributed by atoms with E-state index < -0.39 is 0 Å². The van der Waals surface area contributed by atoms with Crippen molar-refractivity contribution in [2.75, 3.05) is 18.4 Å². The number of rotatable bonds is 4. The van der Waals surface area contributed by atoms with Crippen LogP contribution in [0.5, 0.6) is 0 Å². The van der Waals surface area contributed by atoms with E-state index >= 15 is 0 Å². The predicted octanol–water partition coefficient (Wildman–Crippen LogP) is 2.68. The molecule has 25 heavy (non-hydrogen) atoms. The molecule has 3 heterocycles. The summed E-state index contributed by atoms with van der Waals surface area (Å²) in [7, 11) is 0. The average molecular weight is 340 g/mol. The maximum atomic E-state index is 12.3. The van der Waals surface area contributed by atoms with Gasteiger partial charge >= 0.3 is 0 Å². The van der Waals surface area contributed by atoms with Crippen LogP contribution >= 0.6 is 0 Å². The monoisotopic (exact) mass is 340 g/mol. The molecule has 0 spiro atoms. The van der Waals surface area contributed by atoms with Crippen LogP contribution in [0, 0.1) is 12.8 Å². The normalized spacial score (nSPS) is 17.6. The fourth-order valence-electron chi connectivity index (χ4n) is 3.14. The Morgan fingerprint density at radius 2 is 2.12 bits per heavy atom. The van der Waals surface area contributed by atoms with E-state index in [4.69, 9.17) is 0 Å². The number of carbonyl (C=O) groups is 1. The van der Waals surface area contributed by atoms with Crippen molar-refractivity contribution in [3.8, 4) is 0 Å². The summed E-state index contributed by atoms with van der Waals surface area (Å²) in [5, 5.41) is 3.17. The lowest BCUT2D eigenvalue weighted by Gasteiger charge is -2.33. The number of anilines is 2. The van der Waals surface area contributed by atoms with Crippen LogP contribution in [0.2, 0.25) is 0 Å². The highest BCUT2D eigenvalue weighted by Gasteiger charge is 2.27. The van der Waals surface area contributed by atoms with Crippen molar-refractivity contribution in [1.82, 2.24) is 24.8 Å². The Hall–Kier alpha value is -2.57. The quantitative estimate of drug-likeness (QED) is 0.921. The largest absolute Gasteiger partial charge is 0.342 e. The van der Waals surface area contributed by atoms with Gasteiger partial charge in [0, 0.05) is 43.4 Å². The van der Waals surface area contributed by atoms with E-state index in [0.717, 1.165) is 31.6 Å². The van der Waals surface area contributed by atoms with Crippen molar-refractivity contribution in [2.45, 2.75) is 39.5 Å². The number of likely N-dealkylation sites (tertiary alicyclic amines) is 1. The van der Waals surface area contributed by atoms with Gasteiger partial charge in [0.2, 0.25) is 5.91 Å². The van der Waals surface area contributed by atoms with Gasteiger partial charge in [-0.2, -0.15) is 0 Å². The van der Waals surface area contributed by atoms with E-state index in [1.807, 2.05) is 31.7 Å². The van der Waals surface area contributed by atoms with Gasteiger partial charge < -0.3 is 10.2 Å². The molecular formula is C18H24N6O. The highest BCUT2D eigenvalue weighted by molar-refractivity contribution is 5.78. The Kier molecular flexibility index (Phi) is 5.21. The molecule has 0 saturated carbocycles. The standard InChI is InChI=1S/C18H24N6O/c1-12(2)18(25)24-8-4-5-14(11-24)15-9-16(22-13(3)21-15)23-17-10-19-6-7-20-17/h6-7,9-10,12,14H,4-5,8,11H2,1-3H3,(H,20,21,22,23)/t14-/m0/s1. The molecule has 1 aliphatic heterocycles. The van der Waals surface area contributed by atoms with Gasteiger partial charge in [0.25, 0.3) is 0 Å². The SMILES string of the molecule is Cc1nc(Nc2cnccn2)cc([C@H]2CCCN(C(=O)C(C)C)C2)n1. The second kappa shape index (κ2) is 7.55. The molecule has 0 aromatic carbocycles. The first-order valence-electron chi connectivity index (χ1n) is 8.70. The van der Waals surface area contributed by atoms with Gasteiger partial charge in [-0.15, -0.1) is 0 Å². The van der Waals surface area contributed by atoms with Gasteiger partial charge in [-0.05, 0) is 19.8 Å². The molecule has 1 aliphatic rings. The molecule has 3 rings (SSSR count). The van der Waals surface area contributed by atoms with Crippen LogP contribution in [-0.2, 0) is 4.79 Å². The zero-order valence-corrected chi connectivity index (χ0v) is 14.9. The van der Waals surface area contributed by atoms with Crippen molar-refractivity contribution in [2.24, 2.45) is 5.92 Å². The van der Waals surface area contributed by atoms with Crippen molar-refractivity contribution in [3.63, 3.8) is 0 Å². The summed E-state index contributed by atoms with van der Waals surface area (Å²) in [4.78, 5) is 31.6. The second-order valence-electron chi connectivity index (χ2n) is 6.72. The van der Waals surface area contributed by atoms with Crippen molar-refractivity contribution in [3.05, 3.63) is 36.2 Å². The first-order valence-corrected chi connectivity index (χ1v) is 8.70. The lowest BCUT2D eigenvalue weighted by Crippen LogP contribution is -2.41. The highest BCUT2D eigenvalue weighted by Crippen LogP contribution is 2.28. The van der Waals surface area contributed by atoms with E-state index in [-0.39, 0.29) is 17.7 Å². The molecule has 1 amide bonds. The van der Waals surface area contributed by atoms with Gasteiger partial charge in [0.1, 0.15) is 17.5 Å². The molecule has 1 N–H and O–H groups in total. The first-order chi connectivity index (χ1) is 12.0. The molecule has 0 unspecified atom stereocenters. The molecule has 2 aromatic heterocycles. The molecule has 0 aliphatic carbocycles. The molecule has 1 fully saturated rings. The Balaban J connectivity index is 1.78. The van der Waals surface area contributed by atoms with Gasteiger partial charge in [0.15, 0.2) is 0 Å². The van der Waals surface area contributed by atoms with Crippen LogP contribution in [-0.4, -0.2) is 43.8 Å². The fraction of sp³-hybridized carbons (Fsp3) is 0.500. The molecule has 2 aromatic rings. The van der Waals surface area contributed by atoms with E-state index in [0.29, 0.717) is 17.5 Å². The number of aromatic nitrogens is 4. The van der Waals surface area contributed by atoms with Crippen LogP contribution < -0.4 is 5.32 Å². The van der Waals surface area contributed by atoms with E-state index in [1.54, 1.807) is 18.6 Å². The van der Waals surface area contributed by atoms with Crippen molar-refractivity contribution >= 4 is 17.5 Å². The summed E-state index contributed by atoms with van der Waals surface area (Å²) in [5.74, 6) is 2.53. The van der Waals surface area contributed by atoms with Crippen LogP contribution in [0.25, 0.3) is 0 Å². The highest BCUT2D eigenvalue weighted by atomic mass is 16.2. The smallest absolute Gasteiger partial charge is 0.225 e. The molecule has 132 valence electrons. The maximum absolute atomic E-state index is 12.3. The minimum atomic E-state index is 0.0276. The summed E-state index contributed by atoms with van der Waals surface area (Å²) in [6.07, 6.45) is 6.95. The van der Waals surface area contributed by atoms with E-state index in [2.05, 4.69) is 25.3 Å². The number of piperidine rings is 1. The minimum absolute atomic E-state index is 0.0276. The average Bonchev–Trinajstić information content (AvgIpc) is 2.61. The minimum Gasteiger partial charge on any atom is -0.342 e. The molecule has 1 saturated heterocycles. The number of hydrogen-bond acceptors (Lipinski definition) is 6. The molecule has 0 radical (unpaired) electrons. The maximum Gasteiger partial charge on any atom is 0.225 e. The molecular weight excluding hydrogens is 316 g/mol. The summed E-state index contributed by atoms with van der Waals surface area (Å²) >= 11 is 0. The fourth-order valence-corrected chi connectivity index (χ4v) is 3.14. The summed E-state index contributed by atoms with van der Waals surface area (Å²) in [5.41, 5.74) is 0.972. The number of hydrogen-bond donors (Lipinski definition) is 1. The molecule has 7 heteroatoms.